The molecule has 0 unspecified atom stereocenters. The summed E-state index contributed by atoms with van der Waals surface area (Å²) in [6.07, 6.45) is 0. The molecule has 0 spiro atoms. The Kier molecular flexibility index (Phi) is 5.83. The first-order chi connectivity index (χ1) is 10.5. The summed E-state index contributed by atoms with van der Waals surface area (Å²) in [5, 5.41) is 0. The van der Waals surface area contributed by atoms with Crippen molar-refractivity contribution in [1.29, 1.82) is 0 Å². The number of carbonyl (C=O) groups excluding carboxylic acids is 1. The fraction of sp³-hybridized carbons (Fsp3) is 0.611. The van der Waals surface area contributed by atoms with Gasteiger partial charge in [0.1, 0.15) is 5.75 Å². The topological polar surface area (TPSA) is 32.8 Å². The zero-order valence-corrected chi connectivity index (χ0v) is 14.3. The van der Waals surface area contributed by atoms with Crippen molar-refractivity contribution in [3.63, 3.8) is 0 Å². The monoisotopic (exact) mass is 304 g/mol. The standard InChI is InChI=1S/C18H28N2O2/c1-14(2)12-19-8-10-20(11-9-19)17(21)13-22-18-15(3)6-5-7-16(18)4/h5-7,14H,8-13H2,1-4H3. The van der Waals surface area contributed by atoms with Crippen LogP contribution in [0.25, 0.3) is 0 Å². The maximum absolute atomic E-state index is 12.3. The number of amides is 1. The van der Waals surface area contributed by atoms with E-state index in [1.54, 1.807) is 0 Å². The van der Waals surface area contributed by atoms with E-state index < -0.39 is 0 Å². The van der Waals surface area contributed by atoms with Crippen LogP contribution in [0.4, 0.5) is 0 Å². The van der Waals surface area contributed by atoms with Gasteiger partial charge < -0.3 is 9.64 Å². The SMILES string of the molecule is Cc1cccc(C)c1OCC(=O)N1CCN(CC(C)C)CC1. The summed E-state index contributed by atoms with van der Waals surface area (Å²) in [6.45, 7) is 13.3. The van der Waals surface area contributed by atoms with Gasteiger partial charge in [0.25, 0.3) is 5.91 Å². The minimum Gasteiger partial charge on any atom is -0.483 e. The maximum Gasteiger partial charge on any atom is 0.260 e. The van der Waals surface area contributed by atoms with Crippen molar-refractivity contribution in [2.75, 3.05) is 39.3 Å². The predicted octanol–water partition coefficient (Wildman–Crippen LogP) is 2.48. The van der Waals surface area contributed by atoms with E-state index in [-0.39, 0.29) is 12.5 Å². The second-order valence-electron chi connectivity index (χ2n) is 6.58. The highest BCUT2D eigenvalue weighted by molar-refractivity contribution is 5.78. The van der Waals surface area contributed by atoms with Gasteiger partial charge in [-0.25, -0.2) is 0 Å². The van der Waals surface area contributed by atoms with Crippen LogP contribution in [0.1, 0.15) is 25.0 Å². The van der Waals surface area contributed by atoms with E-state index in [4.69, 9.17) is 4.74 Å². The number of piperazine rings is 1. The number of nitrogens with zero attached hydrogens (tertiary/aromatic N) is 2. The van der Waals surface area contributed by atoms with Crippen LogP contribution in [0.2, 0.25) is 0 Å². The molecule has 1 amide bonds. The number of hydrogen-bond acceptors (Lipinski definition) is 3. The summed E-state index contributed by atoms with van der Waals surface area (Å²) in [5.41, 5.74) is 2.16. The number of aryl methyl sites for hydroxylation is 2. The van der Waals surface area contributed by atoms with Crippen molar-refractivity contribution in [2.45, 2.75) is 27.7 Å². The largest absolute Gasteiger partial charge is 0.483 e. The molecule has 0 bridgehead atoms. The lowest BCUT2D eigenvalue weighted by atomic mass is 10.1. The molecule has 0 saturated carbocycles. The first kappa shape index (κ1) is 16.8. The fourth-order valence-corrected chi connectivity index (χ4v) is 2.95. The number of rotatable bonds is 5. The first-order valence-corrected chi connectivity index (χ1v) is 8.16. The van der Waals surface area contributed by atoms with Crippen molar-refractivity contribution in [1.82, 2.24) is 9.80 Å². The molecule has 2 rings (SSSR count). The number of ether oxygens (including phenoxy) is 1. The zero-order valence-electron chi connectivity index (χ0n) is 14.3. The Morgan fingerprint density at radius 3 is 2.27 bits per heavy atom. The van der Waals surface area contributed by atoms with Crippen LogP contribution in [0.15, 0.2) is 18.2 Å². The van der Waals surface area contributed by atoms with Crippen LogP contribution in [0.5, 0.6) is 5.75 Å². The number of benzene rings is 1. The van der Waals surface area contributed by atoms with Crippen molar-refractivity contribution < 1.29 is 9.53 Å². The molecule has 0 atom stereocenters. The van der Waals surface area contributed by atoms with Crippen LogP contribution in [0, 0.1) is 19.8 Å². The highest BCUT2D eigenvalue weighted by Gasteiger charge is 2.21. The zero-order chi connectivity index (χ0) is 16.1. The van der Waals surface area contributed by atoms with Crippen molar-refractivity contribution in [2.24, 2.45) is 5.92 Å². The second kappa shape index (κ2) is 7.63. The van der Waals surface area contributed by atoms with Gasteiger partial charge in [0.15, 0.2) is 6.61 Å². The van der Waals surface area contributed by atoms with E-state index in [9.17, 15) is 4.79 Å². The lowest BCUT2D eigenvalue weighted by Gasteiger charge is -2.35. The average Bonchev–Trinajstić information content (AvgIpc) is 2.46. The maximum atomic E-state index is 12.3. The molecular weight excluding hydrogens is 276 g/mol. The molecule has 4 heteroatoms. The number of hydrogen-bond donors (Lipinski definition) is 0. The molecule has 1 fully saturated rings. The summed E-state index contributed by atoms with van der Waals surface area (Å²) >= 11 is 0. The van der Waals surface area contributed by atoms with Gasteiger partial charge in [-0.15, -0.1) is 0 Å². The van der Waals surface area contributed by atoms with Gasteiger partial charge in [0, 0.05) is 32.7 Å². The quantitative estimate of drug-likeness (QED) is 0.838. The molecule has 1 aromatic rings. The molecular formula is C18H28N2O2. The van der Waals surface area contributed by atoms with E-state index >= 15 is 0 Å². The minimum absolute atomic E-state index is 0.0897. The van der Waals surface area contributed by atoms with E-state index in [1.807, 2.05) is 36.9 Å². The normalized spacial score (nSPS) is 16.1. The van der Waals surface area contributed by atoms with E-state index in [0.29, 0.717) is 5.92 Å². The van der Waals surface area contributed by atoms with Crippen LogP contribution in [0.3, 0.4) is 0 Å². The van der Waals surface area contributed by atoms with Crippen molar-refractivity contribution >= 4 is 5.91 Å². The Morgan fingerprint density at radius 1 is 1.14 bits per heavy atom. The highest BCUT2D eigenvalue weighted by Crippen LogP contribution is 2.22. The summed E-state index contributed by atoms with van der Waals surface area (Å²) in [7, 11) is 0. The van der Waals surface area contributed by atoms with Gasteiger partial charge in [-0.2, -0.15) is 0 Å². The molecule has 0 N–H and O–H groups in total. The van der Waals surface area contributed by atoms with Crippen LogP contribution >= 0.6 is 0 Å². The van der Waals surface area contributed by atoms with Crippen LogP contribution in [-0.2, 0) is 4.79 Å². The molecule has 0 radical (unpaired) electrons. The molecule has 22 heavy (non-hydrogen) atoms. The lowest BCUT2D eigenvalue weighted by molar-refractivity contribution is -0.135. The molecule has 4 nitrogen and oxygen atoms in total. The Bertz CT molecular complexity index is 486. The number of para-hydroxylation sites is 1. The molecule has 122 valence electrons. The van der Waals surface area contributed by atoms with Gasteiger partial charge in [0.2, 0.25) is 0 Å². The Balaban J connectivity index is 1.81. The minimum atomic E-state index is 0.0897. The lowest BCUT2D eigenvalue weighted by Crippen LogP contribution is -2.50. The molecule has 0 aliphatic carbocycles. The summed E-state index contributed by atoms with van der Waals surface area (Å²) < 4.78 is 5.77. The molecule has 0 aromatic heterocycles. The Labute approximate surface area is 134 Å². The molecule has 1 aliphatic heterocycles. The van der Waals surface area contributed by atoms with E-state index in [1.165, 1.54) is 0 Å². The van der Waals surface area contributed by atoms with Crippen molar-refractivity contribution in [3.05, 3.63) is 29.3 Å². The van der Waals surface area contributed by atoms with Gasteiger partial charge in [-0.3, -0.25) is 9.69 Å². The van der Waals surface area contributed by atoms with Crippen LogP contribution in [-0.4, -0.2) is 55.0 Å². The van der Waals surface area contributed by atoms with Gasteiger partial charge in [0.05, 0.1) is 0 Å². The summed E-state index contributed by atoms with van der Waals surface area (Å²) in [6, 6.07) is 6.03. The van der Waals surface area contributed by atoms with Gasteiger partial charge in [-0.05, 0) is 30.9 Å². The third kappa shape index (κ3) is 4.47. The van der Waals surface area contributed by atoms with Gasteiger partial charge in [-0.1, -0.05) is 32.0 Å². The van der Waals surface area contributed by atoms with Gasteiger partial charge >= 0.3 is 0 Å². The Hall–Kier alpha value is -1.55. The molecule has 1 aromatic carbocycles. The van der Waals surface area contributed by atoms with Crippen molar-refractivity contribution in [3.8, 4) is 5.75 Å². The van der Waals surface area contributed by atoms with E-state index in [0.717, 1.165) is 49.6 Å². The molecule has 1 saturated heterocycles. The third-order valence-electron chi connectivity index (χ3n) is 4.10. The summed E-state index contributed by atoms with van der Waals surface area (Å²) in [4.78, 5) is 16.7. The first-order valence-electron chi connectivity index (χ1n) is 8.16. The van der Waals surface area contributed by atoms with Crippen LogP contribution < -0.4 is 4.74 Å². The highest BCUT2D eigenvalue weighted by atomic mass is 16.5. The predicted molar refractivity (Wildman–Crippen MR) is 89.3 cm³/mol. The summed E-state index contributed by atoms with van der Waals surface area (Å²) in [5.74, 6) is 1.61. The molecule has 1 heterocycles. The number of carbonyl (C=O) groups is 1. The fourth-order valence-electron chi connectivity index (χ4n) is 2.95. The smallest absolute Gasteiger partial charge is 0.260 e. The second-order valence-corrected chi connectivity index (χ2v) is 6.58. The molecule has 1 aliphatic rings. The average molecular weight is 304 g/mol. The van der Waals surface area contributed by atoms with E-state index in [2.05, 4.69) is 18.7 Å². The Morgan fingerprint density at radius 2 is 1.73 bits per heavy atom. The third-order valence-corrected chi connectivity index (χ3v) is 4.10.